The zero-order chi connectivity index (χ0) is 12.7. The Kier molecular flexibility index (Phi) is 6.38. The molecule has 0 atom stereocenters. The predicted molar refractivity (Wildman–Crippen MR) is 72.3 cm³/mol. The van der Waals surface area contributed by atoms with Gasteiger partial charge in [-0.05, 0) is 36.1 Å². The summed E-state index contributed by atoms with van der Waals surface area (Å²) in [6.07, 6.45) is 0. The molecular weight excluding hydrogens is 236 g/mol. The molecule has 0 aliphatic rings. The summed E-state index contributed by atoms with van der Waals surface area (Å²) in [5, 5.41) is 0. The van der Waals surface area contributed by atoms with Crippen molar-refractivity contribution in [2.24, 2.45) is 0 Å². The van der Waals surface area contributed by atoms with Crippen LogP contribution in [0.1, 0.15) is 30.9 Å². The molecule has 0 saturated carbocycles. The van der Waals surface area contributed by atoms with Gasteiger partial charge >= 0.3 is 0 Å². The van der Waals surface area contributed by atoms with E-state index in [1.807, 2.05) is 6.07 Å². The van der Waals surface area contributed by atoms with E-state index in [4.69, 9.17) is 21.1 Å². The summed E-state index contributed by atoms with van der Waals surface area (Å²) < 4.78 is 10.8. The van der Waals surface area contributed by atoms with Crippen molar-refractivity contribution in [3.05, 3.63) is 29.3 Å². The second-order valence-corrected chi connectivity index (χ2v) is 4.70. The molecule has 0 N–H and O–H groups in total. The summed E-state index contributed by atoms with van der Waals surface area (Å²) in [7, 11) is 0. The van der Waals surface area contributed by atoms with Gasteiger partial charge in [-0.25, -0.2) is 0 Å². The zero-order valence-electron chi connectivity index (χ0n) is 10.8. The van der Waals surface area contributed by atoms with Gasteiger partial charge in [0.05, 0.1) is 13.2 Å². The molecule has 0 saturated heterocycles. The first kappa shape index (κ1) is 14.3. The van der Waals surface area contributed by atoms with Gasteiger partial charge in [-0.1, -0.05) is 19.9 Å². The van der Waals surface area contributed by atoms with Crippen molar-refractivity contribution < 1.29 is 9.47 Å². The van der Waals surface area contributed by atoms with Gasteiger partial charge in [-0.15, -0.1) is 11.6 Å². The average Bonchev–Trinajstić information content (AvgIpc) is 2.28. The highest BCUT2D eigenvalue weighted by Gasteiger charge is 2.04. The van der Waals surface area contributed by atoms with E-state index in [-0.39, 0.29) is 0 Å². The van der Waals surface area contributed by atoms with Crippen LogP contribution < -0.4 is 4.74 Å². The maximum atomic E-state index is 5.60. The second-order valence-electron chi connectivity index (χ2n) is 4.32. The maximum Gasteiger partial charge on any atom is 0.119 e. The fourth-order valence-corrected chi connectivity index (χ4v) is 1.87. The van der Waals surface area contributed by atoms with Crippen molar-refractivity contribution in [1.29, 1.82) is 0 Å². The number of aryl methyl sites for hydroxylation is 1. The first-order valence-corrected chi connectivity index (χ1v) is 6.55. The van der Waals surface area contributed by atoms with Crippen molar-refractivity contribution in [2.45, 2.75) is 26.7 Å². The highest BCUT2D eigenvalue weighted by atomic mass is 35.5. The zero-order valence-corrected chi connectivity index (χ0v) is 11.6. The molecule has 1 aromatic carbocycles. The molecule has 0 amide bonds. The molecule has 3 heteroatoms. The van der Waals surface area contributed by atoms with E-state index < -0.39 is 0 Å². The minimum absolute atomic E-state index is 0.530. The molecule has 0 radical (unpaired) electrons. The van der Waals surface area contributed by atoms with Crippen LogP contribution in [0.4, 0.5) is 0 Å². The van der Waals surface area contributed by atoms with Crippen LogP contribution >= 0.6 is 11.6 Å². The van der Waals surface area contributed by atoms with E-state index >= 15 is 0 Å². The Bertz CT molecular complexity index is 337. The molecule has 0 fully saturated rings. The number of ether oxygens (including phenoxy) is 2. The van der Waals surface area contributed by atoms with Crippen LogP contribution in [0.3, 0.4) is 0 Å². The molecule has 0 spiro atoms. The van der Waals surface area contributed by atoms with Crippen molar-refractivity contribution in [3.8, 4) is 5.75 Å². The minimum Gasteiger partial charge on any atom is -0.491 e. The SMILES string of the molecule is Cc1cc(OCCOCCCl)ccc1C(C)C. The van der Waals surface area contributed by atoms with Crippen LogP contribution in [-0.2, 0) is 4.74 Å². The van der Waals surface area contributed by atoms with Crippen LogP contribution in [0.15, 0.2) is 18.2 Å². The number of benzene rings is 1. The lowest BCUT2D eigenvalue weighted by Crippen LogP contribution is -2.08. The molecule has 0 unspecified atom stereocenters. The smallest absolute Gasteiger partial charge is 0.119 e. The lowest BCUT2D eigenvalue weighted by atomic mass is 9.98. The maximum absolute atomic E-state index is 5.60. The number of alkyl halides is 1. The quantitative estimate of drug-likeness (QED) is 0.546. The van der Waals surface area contributed by atoms with Gasteiger partial charge in [0.2, 0.25) is 0 Å². The van der Waals surface area contributed by atoms with Crippen LogP contribution in [0.2, 0.25) is 0 Å². The van der Waals surface area contributed by atoms with Gasteiger partial charge in [-0.3, -0.25) is 0 Å². The summed E-state index contributed by atoms with van der Waals surface area (Å²) in [6, 6.07) is 6.23. The third-order valence-corrected chi connectivity index (χ3v) is 2.74. The Morgan fingerprint density at radius 2 is 1.94 bits per heavy atom. The summed E-state index contributed by atoms with van der Waals surface area (Å²) in [6.45, 7) is 8.24. The molecule has 96 valence electrons. The molecule has 1 aromatic rings. The first-order valence-electron chi connectivity index (χ1n) is 6.02. The van der Waals surface area contributed by atoms with Gasteiger partial charge in [0.25, 0.3) is 0 Å². The van der Waals surface area contributed by atoms with Crippen LogP contribution in [0, 0.1) is 6.92 Å². The van der Waals surface area contributed by atoms with Crippen molar-refractivity contribution in [2.75, 3.05) is 25.7 Å². The summed E-state index contributed by atoms with van der Waals surface area (Å²) >= 11 is 5.50. The van der Waals surface area contributed by atoms with Gasteiger partial charge in [0.1, 0.15) is 12.4 Å². The predicted octanol–water partition coefficient (Wildman–Crippen LogP) is 3.75. The third kappa shape index (κ3) is 4.97. The minimum atomic E-state index is 0.530. The molecule has 1 rings (SSSR count). The van der Waals surface area contributed by atoms with E-state index in [0.29, 0.717) is 31.6 Å². The molecule has 0 aliphatic heterocycles. The highest BCUT2D eigenvalue weighted by Crippen LogP contribution is 2.23. The van der Waals surface area contributed by atoms with Gasteiger partial charge < -0.3 is 9.47 Å². The summed E-state index contributed by atoms with van der Waals surface area (Å²) in [4.78, 5) is 0. The normalized spacial score (nSPS) is 10.9. The fraction of sp³-hybridized carbons (Fsp3) is 0.571. The lowest BCUT2D eigenvalue weighted by molar-refractivity contribution is 0.111. The molecule has 2 nitrogen and oxygen atoms in total. The number of hydrogen-bond donors (Lipinski definition) is 0. The lowest BCUT2D eigenvalue weighted by Gasteiger charge is -2.12. The topological polar surface area (TPSA) is 18.5 Å². The third-order valence-electron chi connectivity index (χ3n) is 2.58. The van der Waals surface area contributed by atoms with Gasteiger partial charge in [-0.2, -0.15) is 0 Å². The Morgan fingerprint density at radius 1 is 1.18 bits per heavy atom. The molecule has 0 bridgehead atoms. The Labute approximate surface area is 109 Å². The van der Waals surface area contributed by atoms with Crippen LogP contribution in [0.5, 0.6) is 5.75 Å². The van der Waals surface area contributed by atoms with Crippen LogP contribution in [0.25, 0.3) is 0 Å². The second kappa shape index (κ2) is 7.57. The van der Waals surface area contributed by atoms with Crippen molar-refractivity contribution in [3.63, 3.8) is 0 Å². The molecule has 17 heavy (non-hydrogen) atoms. The van der Waals surface area contributed by atoms with E-state index in [2.05, 4.69) is 32.9 Å². The van der Waals surface area contributed by atoms with Crippen molar-refractivity contribution in [1.82, 2.24) is 0 Å². The Balaban J connectivity index is 2.42. The Morgan fingerprint density at radius 3 is 2.53 bits per heavy atom. The van der Waals surface area contributed by atoms with E-state index in [0.717, 1.165) is 5.75 Å². The first-order chi connectivity index (χ1) is 8.15. The number of hydrogen-bond acceptors (Lipinski definition) is 2. The molecule has 0 aliphatic carbocycles. The largest absolute Gasteiger partial charge is 0.491 e. The van der Waals surface area contributed by atoms with Crippen LogP contribution in [-0.4, -0.2) is 25.7 Å². The van der Waals surface area contributed by atoms with Gasteiger partial charge in [0, 0.05) is 5.88 Å². The average molecular weight is 257 g/mol. The monoisotopic (exact) mass is 256 g/mol. The van der Waals surface area contributed by atoms with E-state index in [9.17, 15) is 0 Å². The summed E-state index contributed by atoms with van der Waals surface area (Å²) in [5.41, 5.74) is 2.65. The highest BCUT2D eigenvalue weighted by molar-refractivity contribution is 6.17. The molecular formula is C14H21ClO2. The van der Waals surface area contributed by atoms with Gasteiger partial charge in [0.15, 0.2) is 0 Å². The van der Waals surface area contributed by atoms with Crippen molar-refractivity contribution >= 4 is 11.6 Å². The number of halogens is 1. The fourth-order valence-electron chi connectivity index (χ4n) is 1.76. The van der Waals surface area contributed by atoms with E-state index in [1.54, 1.807) is 0 Å². The number of rotatable bonds is 7. The standard InChI is InChI=1S/C14H21ClO2/c1-11(2)14-5-4-13(10-12(14)3)17-9-8-16-7-6-15/h4-5,10-11H,6-9H2,1-3H3. The molecule has 0 aromatic heterocycles. The summed E-state index contributed by atoms with van der Waals surface area (Å²) in [5.74, 6) is 1.99. The Hall–Kier alpha value is -0.730. The van der Waals surface area contributed by atoms with E-state index in [1.165, 1.54) is 11.1 Å². The molecule has 0 heterocycles.